The number of morpholine rings is 1. The van der Waals surface area contributed by atoms with Gasteiger partial charge in [0.2, 0.25) is 5.79 Å². The molecule has 0 aliphatic carbocycles. The Morgan fingerprint density at radius 2 is 2.00 bits per heavy atom. The highest BCUT2D eigenvalue weighted by atomic mass is 16.6. The monoisotopic (exact) mass is 277 g/mol. The van der Waals surface area contributed by atoms with E-state index < -0.39 is 5.79 Å². The molecule has 20 heavy (non-hydrogen) atoms. The smallest absolute Gasteiger partial charge is 0.239 e. The molecule has 1 fully saturated rings. The highest BCUT2D eigenvalue weighted by molar-refractivity contribution is 5.84. The molecule has 1 atom stereocenters. The number of likely N-dealkylation sites (N-methyl/N-ethyl adjacent to an activating group) is 1. The van der Waals surface area contributed by atoms with Crippen LogP contribution in [0.2, 0.25) is 0 Å². The number of furan rings is 1. The molecule has 0 bridgehead atoms. The van der Waals surface area contributed by atoms with Crippen LogP contribution in [-0.4, -0.2) is 41.9 Å². The summed E-state index contributed by atoms with van der Waals surface area (Å²) in [5.41, 5.74) is 2.34. The van der Waals surface area contributed by atoms with Gasteiger partial charge in [0.25, 0.3) is 0 Å². The van der Waals surface area contributed by atoms with Crippen LogP contribution in [0.25, 0.3) is 11.0 Å². The van der Waals surface area contributed by atoms with Crippen molar-refractivity contribution in [2.75, 3.05) is 26.7 Å². The summed E-state index contributed by atoms with van der Waals surface area (Å²) in [5, 5.41) is 21.3. The maximum absolute atomic E-state index is 10.6. The van der Waals surface area contributed by atoms with E-state index in [9.17, 15) is 10.2 Å². The quantitative estimate of drug-likeness (QED) is 0.833. The maximum atomic E-state index is 10.6. The summed E-state index contributed by atoms with van der Waals surface area (Å²) < 4.78 is 11.3. The Morgan fingerprint density at radius 1 is 1.25 bits per heavy atom. The first-order chi connectivity index (χ1) is 9.40. The Morgan fingerprint density at radius 3 is 2.70 bits per heavy atom. The molecule has 1 aromatic heterocycles. The number of β-amino-alcohol motifs (C(OH)–C–C–N with tert-alkyl or cyclic N) is 1. The zero-order valence-electron chi connectivity index (χ0n) is 11.9. The molecule has 0 spiro atoms. The Balaban J connectivity index is 2.11. The fourth-order valence-electron chi connectivity index (χ4n) is 2.63. The summed E-state index contributed by atoms with van der Waals surface area (Å²) in [6.45, 7) is 5.32. The third kappa shape index (κ3) is 1.98. The first-order valence-corrected chi connectivity index (χ1v) is 6.69. The van der Waals surface area contributed by atoms with Gasteiger partial charge in [-0.1, -0.05) is 0 Å². The number of rotatable bonds is 1. The van der Waals surface area contributed by atoms with E-state index in [-0.39, 0.29) is 5.75 Å². The van der Waals surface area contributed by atoms with Crippen molar-refractivity contribution in [1.29, 1.82) is 0 Å². The van der Waals surface area contributed by atoms with Crippen molar-refractivity contribution in [3.05, 3.63) is 29.0 Å². The second-order valence-corrected chi connectivity index (χ2v) is 5.55. The number of aromatic hydroxyl groups is 1. The zero-order chi connectivity index (χ0) is 14.5. The van der Waals surface area contributed by atoms with E-state index in [4.69, 9.17) is 9.15 Å². The van der Waals surface area contributed by atoms with Gasteiger partial charge in [0, 0.05) is 11.9 Å². The number of hydrogen-bond donors (Lipinski definition) is 2. The van der Waals surface area contributed by atoms with Crippen LogP contribution < -0.4 is 0 Å². The Hall–Kier alpha value is -1.56. The molecule has 1 aliphatic rings. The highest BCUT2D eigenvalue weighted by Gasteiger charge is 2.38. The lowest BCUT2D eigenvalue weighted by atomic mass is 10.1. The van der Waals surface area contributed by atoms with Gasteiger partial charge in [-0.15, -0.1) is 0 Å². The normalized spacial score (nSPS) is 24.4. The number of aliphatic hydroxyl groups is 1. The van der Waals surface area contributed by atoms with Crippen molar-refractivity contribution in [2.24, 2.45) is 0 Å². The van der Waals surface area contributed by atoms with E-state index >= 15 is 0 Å². The topological polar surface area (TPSA) is 66.1 Å². The van der Waals surface area contributed by atoms with Gasteiger partial charge in [-0.2, -0.15) is 0 Å². The molecule has 2 aromatic rings. The third-order valence-corrected chi connectivity index (χ3v) is 4.02. The minimum absolute atomic E-state index is 0.232. The van der Waals surface area contributed by atoms with Crippen LogP contribution >= 0.6 is 0 Å². The largest absolute Gasteiger partial charge is 0.508 e. The number of phenols is 1. The minimum Gasteiger partial charge on any atom is -0.508 e. The van der Waals surface area contributed by atoms with Gasteiger partial charge in [-0.05, 0) is 44.2 Å². The molecule has 1 aromatic carbocycles. The van der Waals surface area contributed by atoms with Crippen LogP contribution in [0.1, 0.15) is 16.9 Å². The van der Waals surface area contributed by atoms with E-state index in [0.717, 1.165) is 23.1 Å². The fraction of sp³-hybridized carbons (Fsp3) is 0.467. The first kappa shape index (κ1) is 13.4. The molecular weight excluding hydrogens is 258 g/mol. The molecule has 0 radical (unpaired) electrons. The SMILES string of the molecule is Cc1c(O)cc2cc(C3(O)CN(C)CCO3)oc2c1C. The Kier molecular flexibility index (Phi) is 3.01. The molecule has 5 heteroatoms. The lowest BCUT2D eigenvalue weighted by Gasteiger charge is -2.35. The summed E-state index contributed by atoms with van der Waals surface area (Å²) in [7, 11) is 1.93. The van der Waals surface area contributed by atoms with Crippen LogP contribution in [0.5, 0.6) is 5.75 Å². The van der Waals surface area contributed by atoms with E-state index in [1.807, 2.05) is 25.8 Å². The summed E-state index contributed by atoms with van der Waals surface area (Å²) in [4.78, 5) is 1.99. The van der Waals surface area contributed by atoms with E-state index in [0.29, 0.717) is 24.5 Å². The van der Waals surface area contributed by atoms with Crippen LogP contribution in [0.15, 0.2) is 16.5 Å². The predicted octanol–water partition coefficient (Wildman–Crippen LogP) is 1.86. The summed E-state index contributed by atoms with van der Waals surface area (Å²) in [6, 6.07) is 3.39. The predicted molar refractivity (Wildman–Crippen MR) is 74.7 cm³/mol. The Bertz CT molecular complexity index is 663. The second-order valence-electron chi connectivity index (χ2n) is 5.55. The number of benzene rings is 1. The van der Waals surface area contributed by atoms with Crippen LogP contribution in [0.4, 0.5) is 0 Å². The minimum atomic E-state index is -1.43. The second kappa shape index (κ2) is 4.48. The average molecular weight is 277 g/mol. The molecule has 5 nitrogen and oxygen atoms in total. The van der Waals surface area contributed by atoms with E-state index in [1.54, 1.807) is 12.1 Å². The molecule has 108 valence electrons. The molecule has 0 saturated carbocycles. The number of ether oxygens (including phenoxy) is 1. The van der Waals surface area contributed by atoms with Gasteiger partial charge < -0.3 is 19.4 Å². The molecule has 1 saturated heterocycles. The molecule has 0 amide bonds. The van der Waals surface area contributed by atoms with Gasteiger partial charge in [0.1, 0.15) is 11.3 Å². The number of hydrogen-bond acceptors (Lipinski definition) is 5. The molecule has 2 N–H and O–H groups in total. The van der Waals surface area contributed by atoms with Gasteiger partial charge in [0.05, 0.1) is 13.2 Å². The molecule has 3 rings (SSSR count). The fourth-order valence-corrected chi connectivity index (χ4v) is 2.63. The van der Waals surface area contributed by atoms with Crippen molar-refractivity contribution < 1.29 is 19.4 Å². The van der Waals surface area contributed by atoms with E-state index in [2.05, 4.69) is 0 Å². The zero-order valence-corrected chi connectivity index (χ0v) is 11.9. The van der Waals surface area contributed by atoms with Crippen LogP contribution in [0, 0.1) is 13.8 Å². The molecule has 1 unspecified atom stereocenters. The number of fused-ring (bicyclic) bond motifs is 1. The molecular formula is C15H19NO4. The maximum Gasteiger partial charge on any atom is 0.239 e. The highest BCUT2D eigenvalue weighted by Crippen LogP contribution is 2.36. The number of nitrogens with zero attached hydrogens (tertiary/aromatic N) is 1. The van der Waals surface area contributed by atoms with Gasteiger partial charge in [0.15, 0.2) is 5.76 Å². The molecule has 2 heterocycles. The van der Waals surface area contributed by atoms with Crippen LogP contribution in [0.3, 0.4) is 0 Å². The van der Waals surface area contributed by atoms with Gasteiger partial charge in [-0.25, -0.2) is 0 Å². The summed E-state index contributed by atoms with van der Waals surface area (Å²) in [6.07, 6.45) is 0. The third-order valence-electron chi connectivity index (χ3n) is 4.02. The summed E-state index contributed by atoms with van der Waals surface area (Å²) in [5.74, 6) is -0.815. The lowest BCUT2D eigenvalue weighted by Crippen LogP contribution is -2.48. The van der Waals surface area contributed by atoms with Crippen molar-refractivity contribution in [2.45, 2.75) is 19.6 Å². The number of aryl methyl sites for hydroxylation is 1. The van der Waals surface area contributed by atoms with Crippen molar-refractivity contribution in [3.63, 3.8) is 0 Å². The van der Waals surface area contributed by atoms with Crippen molar-refractivity contribution in [3.8, 4) is 5.75 Å². The lowest BCUT2D eigenvalue weighted by molar-refractivity contribution is -0.254. The number of phenolic OH excluding ortho intramolecular Hbond substituents is 1. The van der Waals surface area contributed by atoms with Gasteiger partial charge in [-0.3, -0.25) is 4.90 Å². The average Bonchev–Trinajstić information content (AvgIpc) is 2.80. The Labute approximate surface area is 117 Å². The van der Waals surface area contributed by atoms with E-state index in [1.165, 1.54) is 0 Å². The van der Waals surface area contributed by atoms with Crippen molar-refractivity contribution in [1.82, 2.24) is 4.90 Å². The molecule has 1 aliphatic heterocycles. The van der Waals surface area contributed by atoms with Crippen molar-refractivity contribution >= 4 is 11.0 Å². The van der Waals surface area contributed by atoms with Crippen LogP contribution in [-0.2, 0) is 10.5 Å². The van der Waals surface area contributed by atoms with Gasteiger partial charge >= 0.3 is 0 Å². The standard InChI is InChI=1S/C15H19NO4/c1-9-10(2)14-11(6-12(9)17)7-13(20-14)15(18)8-16(3)4-5-19-15/h6-7,17-18H,4-5,8H2,1-3H3. The first-order valence-electron chi connectivity index (χ1n) is 6.69. The summed E-state index contributed by atoms with van der Waals surface area (Å²) >= 11 is 0.